The molecule has 3 atom stereocenters. The molecular weight excluding hydrogens is 564 g/mol. The topological polar surface area (TPSA) is 145 Å². The second-order valence-corrected chi connectivity index (χ2v) is 11.1. The molecule has 0 radical (unpaired) electrons. The first-order valence-corrected chi connectivity index (χ1v) is 14.5. The molecule has 11 heteroatoms. The van der Waals surface area contributed by atoms with E-state index in [-0.39, 0.29) is 42.8 Å². The lowest BCUT2D eigenvalue weighted by atomic mass is 9.82. The highest BCUT2D eigenvalue weighted by Crippen LogP contribution is 2.47. The minimum Gasteiger partial charge on any atom is -0.394 e. The summed E-state index contributed by atoms with van der Waals surface area (Å²) in [5, 5.41) is 33.1. The van der Waals surface area contributed by atoms with Crippen LogP contribution in [-0.4, -0.2) is 57.5 Å². The van der Waals surface area contributed by atoms with Crippen LogP contribution >= 0.6 is 0 Å². The molecule has 0 aliphatic carbocycles. The summed E-state index contributed by atoms with van der Waals surface area (Å²) in [6.07, 6.45) is 5.49. The Morgan fingerprint density at radius 2 is 1.84 bits per heavy atom. The Bertz CT molecular complexity index is 1580. The van der Waals surface area contributed by atoms with Crippen molar-refractivity contribution in [3.63, 3.8) is 0 Å². The summed E-state index contributed by atoms with van der Waals surface area (Å²) < 4.78 is 0. The molecule has 11 nitrogen and oxygen atoms in total. The highest BCUT2D eigenvalue weighted by molar-refractivity contribution is 6.07. The average Bonchev–Trinajstić information content (AvgIpc) is 3.60. The number of anilines is 3. The summed E-state index contributed by atoms with van der Waals surface area (Å²) >= 11 is 0. The Morgan fingerprint density at radius 3 is 2.50 bits per heavy atom. The number of aliphatic hydroxyl groups excluding tert-OH is 1. The summed E-state index contributed by atoms with van der Waals surface area (Å²) in [6.45, 7) is 2.17. The molecule has 0 bridgehead atoms. The zero-order chi connectivity index (χ0) is 31.4. The summed E-state index contributed by atoms with van der Waals surface area (Å²) in [4.78, 5) is 54.0. The molecule has 5 rings (SSSR count). The van der Waals surface area contributed by atoms with E-state index in [0.29, 0.717) is 29.2 Å². The van der Waals surface area contributed by atoms with Gasteiger partial charge in [0.15, 0.2) is 5.60 Å². The van der Waals surface area contributed by atoms with Crippen LogP contribution in [0.25, 0.3) is 0 Å². The van der Waals surface area contributed by atoms with Gasteiger partial charge in [0.2, 0.25) is 12.3 Å². The third-order valence-electron chi connectivity index (χ3n) is 8.44. The number of rotatable bonds is 11. The van der Waals surface area contributed by atoms with Crippen LogP contribution in [0.4, 0.5) is 22.7 Å². The summed E-state index contributed by atoms with van der Waals surface area (Å²) in [5.41, 5.74) is 0.145. The van der Waals surface area contributed by atoms with Crippen LogP contribution in [0, 0.1) is 16.0 Å². The minimum absolute atomic E-state index is 0.0315. The average molecular weight is 599 g/mol. The van der Waals surface area contributed by atoms with E-state index in [1.807, 2.05) is 30.3 Å². The van der Waals surface area contributed by atoms with E-state index in [1.54, 1.807) is 48.2 Å². The lowest BCUT2D eigenvalue weighted by Crippen LogP contribution is -2.44. The van der Waals surface area contributed by atoms with E-state index in [0.717, 1.165) is 19.3 Å². The SMILES string of the molecule is C[C@@H](/C=C/CC(=O)N1CCC[C@H]1CO)[C@]1(O)C(=O)N(Cc2ccc(N(C=O)c3ccccc3)cc2)c2ccc([N+](=O)[O-])cc21. The molecule has 0 saturated carbocycles. The van der Waals surface area contributed by atoms with Gasteiger partial charge < -0.3 is 20.0 Å². The van der Waals surface area contributed by atoms with E-state index in [2.05, 4.69) is 0 Å². The van der Waals surface area contributed by atoms with Crippen LogP contribution in [0.3, 0.4) is 0 Å². The van der Waals surface area contributed by atoms with Crippen molar-refractivity contribution in [2.24, 2.45) is 5.92 Å². The highest BCUT2D eigenvalue weighted by Gasteiger charge is 2.53. The number of benzene rings is 3. The number of likely N-dealkylation sites (tertiary alicyclic amines) is 1. The van der Waals surface area contributed by atoms with Gasteiger partial charge >= 0.3 is 0 Å². The summed E-state index contributed by atoms with van der Waals surface area (Å²) in [5.74, 6) is -1.62. The predicted octanol–water partition coefficient (Wildman–Crippen LogP) is 4.19. The van der Waals surface area contributed by atoms with E-state index >= 15 is 0 Å². The molecule has 44 heavy (non-hydrogen) atoms. The van der Waals surface area contributed by atoms with Crippen LogP contribution in [0.2, 0.25) is 0 Å². The van der Waals surface area contributed by atoms with Gasteiger partial charge in [0, 0.05) is 48.0 Å². The molecule has 0 aromatic heterocycles. The molecule has 2 heterocycles. The lowest BCUT2D eigenvalue weighted by Gasteiger charge is -2.28. The molecule has 2 aliphatic rings. The van der Waals surface area contributed by atoms with Crippen LogP contribution in [0.1, 0.15) is 37.3 Å². The summed E-state index contributed by atoms with van der Waals surface area (Å²) in [7, 11) is 0. The van der Waals surface area contributed by atoms with Crippen molar-refractivity contribution in [2.45, 2.75) is 44.4 Å². The number of carbonyl (C=O) groups excluding carboxylic acids is 3. The van der Waals surface area contributed by atoms with Crippen molar-refractivity contribution in [1.82, 2.24) is 4.90 Å². The number of hydrogen-bond donors (Lipinski definition) is 2. The molecule has 1 saturated heterocycles. The van der Waals surface area contributed by atoms with Crippen LogP contribution in [-0.2, 0) is 26.5 Å². The number of nitro groups is 1. The second kappa shape index (κ2) is 12.8. The smallest absolute Gasteiger partial charge is 0.269 e. The number of fused-ring (bicyclic) bond motifs is 1. The Hall–Kier alpha value is -4.87. The summed E-state index contributed by atoms with van der Waals surface area (Å²) in [6, 6.07) is 20.0. The minimum atomic E-state index is -2.11. The quantitative estimate of drug-likeness (QED) is 0.146. The Morgan fingerprint density at radius 1 is 1.14 bits per heavy atom. The molecule has 2 N–H and O–H groups in total. The predicted molar refractivity (Wildman–Crippen MR) is 164 cm³/mol. The first-order valence-electron chi connectivity index (χ1n) is 14.5. The lowest BCUT2D eigenvalue weighted by molar-refractivity contribution is -0.385. The molecule has 3 aromatic carbocycles. The van der Waals surface area contributed by atoms with Crippen LogP contribution < -0.4 is 9.80 Å². The molecular formula is C33H34N4O7. The van der Waals surface area contributed by atoms with Crippen molar-refractivity contribution in [2.75, 3.05) is 23.0 Å². The molecule has 0 unspecified atom stereocenters. The van der Waals surface area contributed by atoms with E-state index in [9.17, 15) is 34.7 Å². The maximum absolute atomic E-state index is 13.9. The first-order chi connectivity index (χ1) is 21.2. The van der Waals surface area contributed by atoms with Crippen molar-refractivity contribution in [3.05, 3.63) is 106 Å². The Balaban J connectivity index is 1.39. The van der Waals surface area contributed by atoms with Crippen LogP contribution in [0.5, 0.6) is 0 Å². The van der Waals surface area contributed by atoms with Gasteiger partial charge in [0.1, 0.15) is 0 Å². The largest absolute Gasteiger partial charge is 0.394 e. The van der Waals surface area contributed by atoms with E-state index in [1.165, 1.54) is 28.0 Å². The standard InChI is InChI=1S/C33H34N4O7/c1-23(7-5-11-31(40)34-18-6-10-28(34)21-38)33(42)29-19-27(37(43)44)16-17-30(29)35(32(33)41)20-24-12-14-26(15-13-24)36(22-39)25-8-3-2-4-9-25/h2-5,7-9,12-17,19,22-23,28,38,42H,6,10-11,18,20-21H2,1H3/b7-5+/t23-,28-,33+/m0/s1. The van der Waals surface area contributed by atoms with E-state index in [4.69, 9.17) is 0 Å². The van der Waals surface area contributed by atoms with Gasteiger partial charge in [-0.15, -0.1) is 0 Å². The highest BCUT2D eigenvalue weighted by atomic mass is 16.6. The zero-order valence-electron chi connectivity index (χ0n) is 24.3. The van der Waals surface area contributed by atoms with Gasteiger partial charge in [-0.25, -0.2) is 0 Å². The van der Waals surface area contributed by atoms with Crippen molar-refractivity contribution < 1.29 is 29.5 Å². The van der Waals surface area contributed by atoms with E-state index < -0.39 is 22.3 Å². The molecule has 228 valence electrons. The number of para-hydroxylation sites is 1. The Kier molecular flexibility index (Phi) is 8.88. The third-order valence-corrected chi connectivity index (χ3v) is 8.44. The number of hydrogen-bond acceptors (Lipinski definition) is 7. The number of nitrogens with zero attached hydrogens (tertiary/aromatic N) is 4. The fourth-order valence-electron chi connectivity index (χ4n) is 5.99. The van der Waals surface area contributed by atoms with Crippen molar-refractivity contribution in [1.29, 1.82) is 0 Å². The monoisotopic (exact) mass is 598 g/mol. The number of non-ortho nitro benzene ring substituents is 1. The third kappa shape index (κ3) is 5.71. The molecule has 1 fully saturated rings. The molecule has 3 amide bonds. The van der Waals surface area contributed by atoms with Gasteiger partial charge in [0.05, 0.1) is 29.8 Å². The van der Waals surface area contributed by atoms with Gasteiger partial charge in [-0.2, -0.15) is 0 Å². The van der Waals surface area contributed by atoms with Gasteiger partial charge in [-0.3, -0.25) is 29.4 Å². The number of nitro benzene ring substituents is 1. The second-order valence-electron chi connectivity index (χ2n) is 11.1. The van der Waals surface area contributed by atoms with Crippen molar-refractivity contribution >= 4 is 41.0 Å². The fourth-order valence-corrected chi connectivity index (χ4v) is 5.99. The number of amides is 3. The maximum Gasteiger partial charge on any atom is 0.269 e. The fraction of sp³-hybridized carbons (Fsp3) is 0.303. The maximum atomic E-state index is 13.9. The van der Waals surface area contributed by atoms with Gasteiger partial charge in [-0.05, 0) is 48.7 Å². The molecule has 0 spiro atoms. The number of aliphatic hydroxyl groups is 2. The Labute approximate surface area is 254 Å². The number of carbonyl (C=O) groups is 3. The molecule has 3 aromatic rings. The zero-order valence-corrected chi connectivity index (χ0v) is 24.3. The van der Waals surface area contributed by atoms with Crippen LogP contribution in [0.15, 0.2) is 84.9 Å². The molecule has 2 aliphatic heterocycles. The van der Waals surface area contributed by atoms with Gasteiger partial charge in [0.25, 0.3) is 11.6 Å². The van der Waals surface area contributed by atoms with Crippen molar-refractivity contribution in [3.8, 4) is 0 Å². The normalized spacial score (nSPS) is 20.2. The van der Waals surface area contributed by atoms with Gasteiger partial charge in [-0.1, -0.05) is 49.4 Å². The first kappa shape index (κ1) is 30.6.